The number of esters is 1. The maximum atomic E-state index is 12.5. The fourth-order valence-corrected chi connectivity index (χ4v) is 5.13. The Morgan fingerprint density at radius 2 is 2.04 bits per heavy atom. The summed E-state index contributed by atoms with van der Waals surface area (Å²) in [6.07, 6.45) is 7.48. The molecule has 3 nitrogen and oxygen atoms in total. The highest BCUT2D eigenvalue weighted by Crippen LogP contribution is 2.61. The molecule has 0 heterocycles. The number of methoxy groups -OCH3 is 1. The minimum Gasteiger partial charge on any atom is -0.469 e. The van der Waals surface area contributed by atoms with Gasteiger partial charge in [0.05, 0.1) is 12.5 Å². The Bertz CT molecular complexity index is 600. The molecule has 4 atom stereocenters. The summed E-state index contributed by atoms with van der Waals surface area (Å²) in [4.78, 5) is 25.0. The average molecular weight is 330 g/mol. The number of carbonyl (C=O) groups is 2. The van der Waals surface area contributed by atoms with Crippen LogP contribution in [0, 0.1) is 22.7 Å². The van der Waals surface area contributed by atoms with Gasteiger partial charge in [0.25, 0.3) is 0 Å². The van der Waals surface area contributed by atoms with Gasteiger partial charge in [0, 0.05) is 12.8 Å². The molecule has 0 aromatic heterocycles. The maximum absolute atomic E-state index is 12.5. The van der Waals surface area contributed by atoms with E-state index < -0.39 is 5.41 Å². The van der Waals surface area contributed by atoms with Crippen LogP contribution in [0.15, 0.2) is 36.5 Å². The van der Waals surface area contributed by atoms with Crippen LogP contribution >= 0.6 is 0 Å². The third kappa shape index (κ3) is 3.01. The molecular formula is C21H30O3. The summed E-state index contributed by atoms with van der Waals surface area (Å²) >= 11 is 0. The molecule has 132 valence electrons. The van der Waals surface area contributed by atoms with Crippen molar-refractivity contribution < 1.29 is 14.3 Å². The number of Topliss-reactive ketones (excluding diaryl/α,β-unsaturated/α-hetero) is 1. The fourth-order valence-electron chi connectivity index (χ4n) is 5.13. The van der Waals surface area contributed by atoms with E-state index in [-0.39, 0.29) is 29.0 Å². The predicted molar refractivity (Wildman–Crippen MR) is 96.4 cm³/mol. The molecule has 2 aliphatic rings. The van der Waals surface area contributed by atoms with Crippen LogP contribution in [0.2, 0.25) is 0 Å². The second kappa shape index (κ2) is 6.70. The zero-order valence-corrected chi connectivity index (χ0v) is 15.5. The van der Waals surface area contributed by atoms with Gasteiger partial charge in [-0.3, -0.25) is 9.59 Å². The number of allylic oxidation sites excluding steroid dienone is 4. The first-order valence-corrected chi connectivity index (χ1v) is 8.76. The van der Waals surface area contributed by atoms with Crippen LogP contribution in [-0.4, -0.2) is 18.9 Å². The topological polar surface area (TPSA) is 43.4 Å². The van der Waals surface area contributed by atoms with Crippen LogP contribution in [0.25, 0.3) is 0 Å². The number of ether oxygens (including phenoxy) is 1. The predicted octanol–water partition coefficient (Wildman–Crippen LogP) is 4.64. The standard InChI is InChI=1S/C21H30O3/c1-7-14(2)8-10-17-15(3)9-11-18-20(17,4)12-16(22)13-21(18,5)19(23)24-6/h7-8,17-18H,1,3,9-13H2,2,4-6H3. The Hall–Kier alpha value is -1.64. The normalized spacial score (nSPS) is 36.9. The van der Waals surface area contributed by atoms with Crippen molar-refractivity contribution in [2.75, 3.05) is 7.11 Å². The summed E-state index contributed by atoms with van der Waals surface area (Å²) in [5.41, 5.74) is 1.36. The third-order valence-corrected chi connectivity index (χ3v) is 6.40. The molecule has 0 spiro atoms. The summed E-state index contributed by atoms with van der Waals surface area (Å²) in [6.45, 7) is 14.2. The zero-order chi connectivity index (χ0) is 18.1. The Kier molecular flexibility index (Phi) is 5.22. The molecule has 0 aromatic carbocycles. The highest BCUT2D eigenvalue weighted by molar-refractivity contribution is 5.89. The minimum atomic E-state index is -0.727. The quantitative estimate of drug-likeness (QED) is 0.428. The van der Waals surface area contributed by atoms with Gasteiger partial charge in [-0.2, -0.15) is 0 Å². The first-order chi connectivity index (χ1) is 11.2. The van der Waals surface area contributed by atoms with Gasteiger partial charge in [-0.15, -0.1) is 0 Å². The summed E-state index contributed by atoms with van der Waals surface area (Å²) in [5, 5.41) is 0. The lowest BCUT2D eigenvalue weighted by atomic mass is 9.46. The average Bonchev–Trinajstić information content (AvgIpc) is 2.51. The third-order valence-electron chi connectivity index (χ3n) is 6.40. The molecule has 0 N–H and O–H groups in total. The summed E-state index contributed by atoms with van der Waals surface area (Å²) in [6, 6.07) is 0. The number of hydrogen-bond donors (Lipinski definition) is 0. The maximum Gasteiger partial charge on any atom is 0.312 e. The van der Waals surface area contributed by atoms with Gasteiger partial charge in [0.2, 0.25) is 0 Å². The Morgan fingerprint density at radius 3 is 2.62 bits per heavy atom. The van der Waals surface area contributed by atoms with Crippen LogP contribution in [0.3, 0.4) is 0 Å². The molecule has 0 bridgehead atoms. The number of fused-ring (bicyclic) bond motifs is 1. The summed E-state index contributed by atoms with van der Waals surface area (Å²) in [5.74, 6) is 0.254. The zero-order valence-electron chi connectivity index (χ0n) is 15.5. The number of rotatable bonds is 4. The lowest BCUT2D eigenvalue weighted by Gasteiger charge is -2.56. The van der Waals surface area contributed by atoms with Crippen LogP contribution in [-0.2, 0) is 14.3 Å². The molecule has 0 aromatic rings. The lowest BCUT2D eigenvalue weighted by molar-refractivity contribution is -0.171. The molecule has 24 heavy (non-hydrogen) atoms. The number of hydrogen-bond acceptors (Lipinski definition) is 3. The molecule has 3 heteroatoms. The molecule has 2 saturated carbocycles. The number of carbonyl (C=O) groups excluding carboxylic acids is 2. The monoisotopic (exact) mass is 330 g/mol. The second-order valence-electron chi connectivity index (χ2n) is 8.00. The molecular weight excluding hydrogens is 300 g/mol. The number of ketones is 1. The molecule has 4 unspecified atom stereocenters. The first kappa shape index (κ1) is 18.7. The van der Waals surface area contributed by atoms with Crippen molar-refractivity contribution in [3.05, 3.63) is 36.5 Å². The molecule has 0 amide bonds. The van der Waals surface area contributed by atoms with Crippen molar-refractivity contribution in [2.24, 2.45) is 22.7 Å². The van der Waals surface area contributed by atoms with E-state index in [1.807, 2.05) is 19.9 Å². The van der Waals surface area contributed by atoms with Crippen LogP contribution < -0.4 is 0 Å². The van der Waals surface area contributed by atoms with E-state index in [0.717, 1.165) is 24.8 Å². The summed E-state index contributed by atoms with van der Waals surface area (Å²) in [7, 11) is 1.42. The first-order valence-electron chi connectivity index (χ1n) is 8.76. The van der Waals surface area contributed by atoms with E-state index in [1.165, 1.54) is 12.7 Å². The van der Waals surface area contributed by atoms with Crippen LogP contribution in [0.5, 0.6) is 0 Å². The van der Waals surface area contributed by atoms with Gasteiger partial charge in [-0.25, -0.2) is 0 Å². The molecule has 2 aliphatic carbocycles. The Morgan fingerprint density at radius 1 is 1.38 bits per heavy atom. The van der Waals surface area contributed by atoms with Gasteiger partial charge >= 0.3 is 5.97 Å². The lowest BCUT2D eigenvalue weighted by Crippen LogP contribution is -2.56. The van der Waals surface area contributed by atoms with Crippen LogP contribution in [0.4, 0.5) is 0 Å². The highest BCUT2D eigenvalue weighted by atomic mass is 16.5. The van der Waals surface area contributed by atoms with Gasteiger partial charge in [0.15, 0.2) is 0 Å². The van der Waals surface area contributed by atoms with E-state index in [4.69, 9.17) is 4.74 Å². The van der Waals surface area contributed by atoms with E-state index in [2.05, 4.69) is 26.2 Å². The van der Waals surface area contributed by atoms with Crippen LogP contribution in [0.1, 0.15) is 52.9 Å². The largest absolute Gasteiger partial charge is 0.469 e. The van der Waals surface area contributed by atoms with Gasteiger partial charge < -0.3 is 4.74 Å². The Labute approximate surface area is 145 Å². The van der Waals surface area contributed by atoms with E-state index in [1.54, 1.807) is 0 Å². The summed E-state index contributed by atoms with van der Waals surface area (Å²) < 4.78 is 5.07. The van der Waals surface area contributed by atoms with Crippen molar-refractivity contribution in [3.8, 4) is 0 Å². The van der Waals surface area contributed by atoms with E-state index >= 15 is 0 Å². The van der Waals surface area contributed by atoms with Crippen molar-refractivity contribution >= 4 is 11.8 Å². The van der Waals surface area contributed by atoms with Crippen molar-refractivity contribution in [1.29, 1.82) is 0 Å². The highest BCUT2D eigenvalue weighted by Gasteiger charge is 2.59. The molecule has 0 saturated heterocycles. The van der Waals surface area contributed by atoms with Crippen molar-refractivity contribution in [2.45, 2.75) is 52.9 Å². The van der Waals surface area contributed by atoms with Gasteiger partial charge in [0.1, 0.15) is 5.78 Å². The van der Waals surface area contributed by atoms with E-state index in [0.29, 0.717) is 12.8 Å². The van der Waals surface area contributed by atoms with Gasteiger partial charge in [-0.1, -0.05) is 43.4 Å². The van der Waals surface area contributed by atoms with Gasteiger partial charge in [-0.05, 0) is 50.4 Å². The molecule has 2 fully saturated rings. The molecule has 0 aliphatic heterocycles. The SMILES string of the molecule is C=CC(C)=CCC1C(=C)CCC2C(C)(C(=O)OC)CC(=O)CC12C. The minimum absolute atomic E-state index is 0.142. The second-order valence-corrected chi connectivity index (χ2v) is 8.00. The van der Waals surface area contributed by atoms with Crippen molar-refractivity contribution in [3.63, 3.8) is 0 Å². The molecule has 0 radical (unpaired) electrons. The van der Waals surface area contributed by atoms with E-state index in [9.17, 15) is 9.59 Å². The smallest absolute Gasteiger partial charge is 0.312 e. The van der Waals surface area contributed by atoms with Crippen molar-refractivity contribution in [1.82, 2.24) is 0 Å². The Balaban J connectivity index is 2.44. The fraction of sp³-hybridized carbons (Fsp3) is 0.619. The molecule has 2 rings (SSSR count).